The van der Waals surface area contributed by atoms with Gasteiger partial charge in [-0.3, -0.25) is 0 Å². The van der Waals surface area contributed by atoms with Crippen molar-refractivity contribution in [2.75, 3.05) is 0 Å². The summed E-state index contributed by atoms with van der Waals surface area (Å²) in [6.07, 6.45) is 3.52. The molecule has 0 aliphatic rings. The van der Waals surface area contributed by atoms with Crippen LogP contribution in [0.4, 0.5) is 0 Å². The monoisotopic (exact) mass is 196 g/mol. The molecule has 0 spiro atoms. The lowest BCUT2D eigenvalue weighted by Gasteiger charge is -1.96. The lowest BCUT2D eigenvalue weighted by atomic mass is 10.2. The van der Waals surface area contributed by atoms with Crippen molar-refractivity contribution < 1.29 is 5.11 Å². The molecule has 0 atom stereocenters. The Kier molecular flexibility index (Phi) is 1.98. The van der Waals surface area contributed by atoms with Gasteiger partial charge in [0.15, 0.2) is 0 Å². The number of aliphatic hydroxyl groups is 1. The van der Waals surface area contributed by atoms with Gasteiger partial charge in [0.2, 0.25) is 0 Å². The van der Waals surface area contributed by atoms with Crippen molar-refractivity contribution in [1.82, 2.24) is 9.55 Å². The first-order valence-electron chi connectivity index (χ1n) is 3.93. The number of pyridine rings is 1. The highest BCUT2D eigenvalue weighted by atomic mass is 35.5. The molecule has 0 radical (unpaired) electrons. The fraction of sp³-hybridized carbons (Fsp3) is 0.222. The summed E-state index contributed by atoms with van der Waals surface area (Å²) in [5.74, 6) is 0. The van der Waals surface area contributed by atoms with E-state index in [1.165, 1.54) is 0 Å². The molecule has 0 saturated carbocycles. The second kappa shape index (κ2) is 3.01. The zero-order valence-corrected chi connectivity index (χ0v) is 7.91. The number of aryl methyl sites for hydroxylation is 1. The molecular weight excluding hydrogens is 188 g/mol. The summed E-state index contributed by atoms with van der Waals surface area (Å²) in [6, 6.07) is 1.88. The maximum absolute atomic E-state index is 9.07. The van der Waals surface area contributed by atoms with Gasteiger partial charge < -0.3 is 9.67 Å². The fourth-order valence-corrected chi connectivity index (χ4v) is 1.78. The lowest BCUT2D eigenvalue weighted by molar-refractivity contribution is 0.283. The van der Waals surface area contributed by atoms with Gasteiger partial charge in [0.25, 0.3) is 0 Å². The van der Waals surface area contributed by atoms with Crippen LogP contribution >= 0.6 is 11.6 Å². The summed E-state index contributed by atoms with van der Waals surface area (Å²) in [5.41, 5.74) is 1.81. The van der Waals surface area contributed by atoms with Crippen LogP contribution in [0.3, 0.4) is 0 Å². The first-order valence-corrected chi connectivity index (χ1v) is 4.31. The van der Waals surface area contributed by atoms with E-state index in [9.17, 15) is 0 Å². The predicted molar refractivity (Wildman–Crippen MR) is 51.6 cm³/mol. The van der Waals surface area contributed by atoms with Crippen molar-refractivity contribution in [3.8, 4) is 0 Å². The Morgan fingerprint density at radius 3 is 3.08 bits per heavy atom. The number of halogens is 1. The van der Waals surface area contributed by atoms with Crippen molar-refractivity contribution in [1.29, 1.82) is 0 Å². The van der Waals surface area contributed by atoms with E-state index in [0.717, 1.165) is 16.5 Å². The molecule has 0 saturated heterocycles. The topological polar surface area (TPSA) is 38.0 Å². The molecule has 1 N–H and O–H groups in total. The van der Waals surface area contributed by atoms with Crippen LogP contribution in [-0.2, 0) is 13.7 Å². The minimum Gasteiger partial charge on any atom is -0.392 e. The number of hydrogen-bond acceptors (Lipinski definition) is 2. The van der Waals surface area contributed by atoms with Crippen LogP contribution in [0.5, 0.6) is 0 Å². The van der Waals surface area contributed by atoms with Crippen molar-refractivity contribution in [3.63, 3.8) is 0 Å². The van der Waals surface area contributed by atoms with Crippen LogP contribution < -0.4 is 0 Å². The lowest BCUT2D eigenvalue weighted by Crippen LogP contribution is -1.83. The number of nitrogens with zero attached hydrogens (tertiary/aromatic N) is 2. The van der Waals surface area contributed by atoms with Crippen LogP contribution in [0.2, 0.25) is 5.15 Å². The number of hydrogen-bond donors (Lipinski definition) is 1. The summed E-state index contributed by atoms with van der Waals surface area (Å²) in [7, 11) is 1.91. The third-order valence-corrected chi connectivity index (χ3v) is 2.39. The highest BCUT2D eigenvalue weighted by Crippen LogP contribution is 2.25. The molecule has 0 aromatic carbocycles. The summed E-state index contributed by atoms with van der Waals surface area (Å²) in [6.45, 7) is -0.0112. The SMILES string of the molecule is Cn1cc(CO)c2c(Cl)nccc21. The van der Waals surface area contributed by atoms with Crippen LogP contribution in [0.1, 0.15) is 5.56 Å². The van der Waals surface area contributed by atoms with Gasteiger partial charge in [0.1, 0.15) is 5.15 Å². The van der Waals surface area contributed by atoms with Crippen molar-refractivity contribution in [2.24, 2.45) is 7.05 Å². The van der Waals surface area contributed by atoms with E-state index in [2.05, 4.69) is 4.98 Å². The molecule has 0 aliphatic heterocycles. The number of aromatic nitrogens is 2. The maximum Gasteiger partial charge on any atom is 0.138 e. The molecule has 3 nitrogen and oxygen atoms in total. The maximum atomic E-state index is 9.07. The van der Waals surface area contributed by atoms with Gasteiger partial charge in [0, 0.05) is 30.4 Å². The first kappa shape index (κ1) is 8.53. The van der Waals surface area contributed by atoms with Crippen molar-refractivity contribution >= 4 is 22.5 Å². The third kappa shape index (κ3) is 1.20. The minimum absolute atomic E-state index is 0.0112. The summed E-state index contributed by atoms with van der Waals surface area (Å²) in [5, 5.41) is 10.4. The van der Waals surface area contributed by atoms with Crippen molar-refractivity contribution in [3.05, 3.63) is 29.2 Å². The standard InChI is InChI=1S/C9H9ClN2O/c1-12-4-6(5-13)8-7(12)2-3-11-9(8)10/h2-4,13H,5H2,1H3. The van der Waals surface area contributed by atoms with E-state index in [4.69, 9.17) is 16.7 Å². The van der Waals surface area contributed by atoms with Crippen LogP contribution in [0, 0.1) is 0 Å². The molecule has 0 aliphatic carbocycles. The largest absolute Gasteiger partial charge is 0.392 e. The second-order valence-corrected chi connectivity index (χ2v) is 3.28. The number of fused-ring (bicyclic) bond motifs is 1. The smallest absolute Gasteiger partial charge is 0.138 e. The van der Waals surface area contributed by atoms with Gasteiger partial charge in [0.05, 0.1) is 12.1 Å². The molecule has 0 amide bonds. The average Bonchev–Trinajstić information content (AvgIpc) is 2.45. The molecule has 2 heterocycles. The van der Waals surface area contributed by atoms with Gasteiger partial charge in [-0.2, -0.15) is 0 Å². The van der Waals surface area contributed by atoms with E-state index in [1.54, 1.807) is 6.20 Å². The first-order chi connectivity index (χ1) is 6.24. The van der Waals surface area contributed by atoms with E-state index < -0.39 is 0 Å². The zero-order valence-electron chi connectivity index (χ0n) is 7.16. The number of aliphatic hydroxyl groups excluding tert-OH is 1. The molecule has 0 unspecified atom stereocenters. The Labute approximate surface area is 80.6 Å². The molecule has 68 valence electrons. The second-order valence-electron chi connectivity index (χ2n) is 2.92. The Morgan fingerprint density at radius 2 is 2.38 bits per heavy atom. The Bertz CT molecular complexity index is 450. The van der Waals surface area contributed by atoms with E-state index in [0.29, 0.717) is 5.15 Å². The summed E-state index contributed by atoms with van der Waals surface area (Å²) < 4.78 is 1.93. The minimum atomic E-state index is -0.0112. The molecular formula is C9H9ClN2O. The molecule has 0 fully saturated rings. The highest BCUT2D eigenvalue weighted by molar-refractivity contribution is 6.34. The molecule has 2 aromatic rings. The summed E-state index contributed by atoms with van der Waals surface area (Å²) >= 11 is 5.92. The predicted octanol–water partition coefficient (Wildman–Crippen LogP) is 1.72. The highest BCUT2D eigenvalue weighted by Gasteiger charge is 2.08. The zero-order chi connectivity index (χ0) is 9.42. The van der Waals surface area contributed by atoms with Gasteiger partial charge in [-0.25, -0.2) is 4.98 Å². The quantitative estimate of drug-likeness (QED) is 0.706. The van der Waals surface area contributed by atoms with Gasteiger partial charge in [-0.1, -0.05) is 11.6 Å². The molecule has 0 bridgehead atoms. The molecule has 13 heavy (non-hydrogen) atoms. The van der Waals surface area contributed by atoms with Crippen LogP contribution in [0.15, 0.2) is 18.5 Å². The molecule has 4 heteroatoms. The van der Waals surface area contributed by atoms with Crippen LogP contribution in [0.25, 0.3) is 10.9 Å². The number of rotatable bonds is 1. The Hall–Kier alpha value is -1.06. The van der Waals surface area contributed by atoms with E-state index in [-0.39, 0.29) is 6.61 Å². The van der Waals surface area contributed by atoms with Crippen molar-refractivity contribution in [2.45, 2.75) is 6.61 Å². The van der Waals surface area contributed by atoms with Crippen LogP contribution in [-0.4, -0.2) is 14.7 Å². The normalized spacial score (nSPS) is 11.0. The van der Waals surface area contributed by atoms with E-state index >= 15 is 0 Å². The Balaban J connectivity index is 2.89. The molecule has 2 aromatic heterocycles. The average molecular weight is 197 g/mol. The van der Waals surface area contributed by atoms with Gasteiger partial charge >= 0.3 is 0 Å². The molecule has 2 rings (SSSR count). The third-order valence-electron chi connectivity index (χ3n) is 2.10. The summed E-state index contributed by atoms with van der Waals surface area (Å²) in [4.78, 5) is 3.97. The van der Waals surface area contributed by atoms with E-state index in [1.807, 2.05) is 23.9 Å². The fourth-order valence-electron chi connectivity index (χ4n) is 1.51. The van der Waals surface area contributed by atoms with Gasteiger partial charge in [-0.15, -0.1) is 0 Å². The Morgan fingerprint density at radius 1 is 1.62 bits per heavy atom. The van der Waals surface area contributed by atoms with Gasteiger partial charge in [-0.05, 0) is 6.07 Å².